The Hall–Kier alpha value is -2.59. The molecule has 4 heteroatoms. The highest BCUT2D eigenvalue weighted by Gasteiger charge is 2.20. The van der Waals surface area contributed by atoms with E-state index in [2.05, 4.69) is 72.5 Å². The molecule has 1 aromatic carbocycles. The van der Waals surface area contributed by atoms with Crippen molar-refractivity contribution in [2.75, 3.05) is 13.1 Å². The molecule has 3 heterocycles. The minimum absolute atomic E-state index is 0.0432. The van der Waals surface area contributed by atoms with Crippen molar-refractivity contribution >= 4 is 10.9 Å². The van der Waals surface area contributed by atoms with Crippen LogP contribution in [0.5, 0.6) is 0 Å². The molecule has 1 aliphatic heterocycles. The molecular formula is C26H34N4. The number of rotatable bonds is 6. The molecule has 1 saturated heterocycles. The number of aromatic amines is 1. The quantitative estimate of drug-likeness (QED) is 0.571. The Morgan fingerprint density at radius 3 is 2.70 bits per heavy atom. The van der Waals surface area contributed by atoms with Crippen LogP contribution in [0.3, 0.4) is 0 Å². The topological polar surface area (TPSA) is 57.9 Å². The average Bonchev–Trinajstić information content (AvgIpc) is 3.13. The highest BCUT2D eigenvalue weighted by Crippen LogP contribution is 2.35. The van der Waals surface area contributed by atoms with E-state index in [4.69, 9.17) is 5.73 Å². The van der Waals surface area contributed by atoms with Gasteiger partial charge >= 0.3 is 0 Å². The number of piperidine rings is 1. The van der Waals surface area contributed by atoms with E-state index in [9.17, 15) is 0 Å². The number of fused-ring (bicyclic) bond motifs is 1. The SMILES string of the molecule is C=CN1CCC(Cc2ccc3[nH]c(-c4cc(C)nc(CC)c4)c(C(C)N)c3c2)CC1. The van der Waals surface area contributed by atoms with Gasteiger partial charge in [0.2, 0.25) is 0 Å². The van der Waals surface area contributed by atoms with E-state index in [1.807, 2.05) is 6.20 Å². The molecule has 2 aromatic heterocycles. The first-order valence-corrected chi connectivity index (χ1v) is 11.2. The highest BCUT2D eigenvalue weighted by atomic mass is 15.1. The van der Waals surface area contributed by atoms with E-state index in [1.165, 1.54) is 34.9 Å². The second kappa shape index (κ2) is 8.65. The van der Waals surface area contributed by atoms with Gasteiger partial charge in [0.1, 0.15) is 0 Å². The maximum Gasteiger partial charge on any atom is 0.0514 e. The van der Waals surface area contributed by atoms with Crippen molar-refractivity contribution in [3.63, 3.8) is 0 Å². The normalized spacial score (nSPS) is 16.2. The van der Waals surface area contributed by atoms with Gasteiger partial charge in [-0.2, -0.15) is 0 Å². The second-order valence-electron chi connectivity index (χ2n) is 8.79. The lowest BCUT2D eigenvalue weighted by Crippen LogP contribution is -2.30. The van der Waals surface area contributed by atoms with Gasteiger partial charge < -0.3 is 15.6 Å². The maximum atomic E-state index is 6.49. The molecule has 0 saturated carbocycles. The summed E-state index contributed by atoms with van der Waals surface area (Å²) in [6.07, 6.45) is 6.51. The Balaban J connectivity index is 1.69. The number of nitrogens with two attached hydrogens (primary N) is 1. The Morgan fingerprint density at radius 2 is 2.03 bits per heavy atom. The molecule has 0 spiro atoms. The largest absolute Gasteiger partial charge is 0.378 e. The molecule has 0 aliphatic carbocycles. The smallest absolute Gasteiger partial charge is 0.0514 e. The third-order valence-corrected chi connectivity index (χ3v) is 6.45. The number of likely N-dealkylation sites (tertiary alicyclic amines) is 1. The van der Waals surface area contributed by atoms with Crippen molar-refractivity contribution in [1.29, 1.82) is 0 Å². The molecule has 158 valence electrons. The van der Waals surface area contributed by atoms with Gasteiger partial charge in [-0.15, -0.1) is 0 Å². The fourth-order valence-corrected chi connectivity index (χ4v) is 4.82. The first kappa shape index (κ1) is 20.7. The summed E-state index contributed by atoms with van der Waals surface area (Å²) in [4.78, 5) is 10.6. The average molecular weight is 403 g/mol. The monoisotopic (exact) mass is 402 g/mol. The molecule has 3 N–H and O–H groups in total. The molecule has 1 fully saturated rings. The standard InChI is InChI=1S/C26H34N4/c1-5-22-16-21(13-17(3)28-22)26-25(18(4)27)23-15-20(7-8-24(23)29-26)14-19-9-11-30(6-2)12-10-19/h6-8,13,15-16,18-19,29H,2,5,9-12,14,27H2,1,3-4H3. The van der Waals surface area contributed by atoms with Gasteiger partial charge in [-0.25, -0.2) is 0 Å². The number of benzene rings is 1. The number of nitrogens with zero attached hydrogens (tertiary/aromatic N) is 2. The van der Waals surface area contributed by atoms with Gasteiger partial charge in [-0.05, 0) is 81.5 Å². The molecule has 1 aliphatic rings. The molecule has 1 unspecified atom stereocenters. The van der Waals surface area contributed by atoms with Crippen LogP contribution in [0.15, 0.2) is 43.1 Å². The minimum atomic E-state index is -0.0432. The number of hydrogen-bond donors (Lipinski definition) is 2. The summed E-state index contributed by atoms with van der Waals surface area (Å²) in [7, 11) is 0. The fourth-order valence-electron chi connectivity index (χ4n) is 4.82. The summed E-state index contributed by atoms with van der Waals surface area (Å²) >= 11 is 0. The van der Waals surface area contributed by atoms with E-state index in [0.29, 0.717) is 0 Å². The van der Waals surface area contributed by atoms with Crippen LogP contribution in [0, 0.1) is 12.8 Å². The lowest BCUT2D eigenvalue weighted by Gasteiger charge is -2.30. The van der Waals surface area contributed by atoms with Crippen LogP contribution in [0.25, 0.3) is 22.2 Å². The number of H-pyrrole nitrogens is 1. The molecule has 1 atom stereocenters. The molecule has 0 bridgehead atoms. The van der Waals surface area contributed by atoms with Crippen molar-refractivity contribution < 1.29 is 0 Å². The zero-order valence-corrected chi connectivity index (χ0v) is 18.5. The Morgan fingerprint density at radius 1 is 1.27 bits per heavy atom. The number of nitrogens with one attached hydrogen (secondary N) is 1. The summed E-state index contributed by atoms with van der Waals surface area (Å²) in [5, 5.41) is 1.26. The van der Waals surface area contributed by atoms with Gasteiger partial charge in [0, 0.05) is 52.5 Å². The van der Waals surface area contributed by atoms with Crippen molar-refractivity contribution in [1.82, 2.24) is 14.9 Å². The van der Waals surface area contributed by atoms with Gasteiger partial charge in [-0.3, -0.25) is 4.98 Å². The van der Waals surface area contributed by atoms with E-state index < -0.39 is 0 Å². The summed E-state index contributed by atoms with van der Waals surface area (Å²) in [6.45, 7) is 12.4. The van der Waals surface area contributed by atoms with Crippen LogP contribution in [0.2, 0.25) is 0 Å². The third kappa shape index (κ3) is 4.15. The van der Waals surface area contributed by atoms with Crippen LogP contribution in [0.4, 0.5) is 0 Å². The Bertz CT molecular complexity index is 1040. The lowest BCUT2D eigenvalue weighted by molar-refractivity contribution is 0.243. The zero-order chi connectivity index (χ0) is 21.3. The number of hydrogen-bond acceptors (Lipinski definition) is 3. The predicted octanol–water partition coefficient (Wildman–Crippen LogP) is 5.52. The van der Waals surface area contributed by atoms with Gasteiger partial charge in [0.25, 0.3) is 0 Å². The molecule has 4 nitrogen and oxygen atoms in total. The van der Waals surface area contributed by atoms with Gasteiger partial charge in [0.05, 0.1) is 5.69 Å². The molecule has 0 amide bonds. The Kier molecular flexibility index (Phi) is 5.96. The van der Waals surface area contributed by atoms with E-state index >= 15 is 0 Å². The first-order chi connectivity index (χ1) is 14.5. The molecule has 3 aromatic rings. The maximum absolute atomic E-state index is 6.49. The summed E-state index contributed by atoms with van der Waals surface area (Å²) in [6, 6.07) is 11.2. The summed E-state index contributed by atoms with van der Waals surface area (Å²) in [5.74, 6) is 0.741. The van der Waals surface area contributed by atoms with Gasteiger partial charge in [0.15, 0.2) is 0 Å². The van der Waals surface area contributed by atoms with Crippen LogP contribution in [-0.4, -0.2) is 28.0 Å². The van der Waals surface area contributed by atoms with Crippen molar-refractivity contribution in [2.24, 2.45) is 11.7 Å². The van der Waals surface area contributed by atoms with Gasteiger partial charge in [-0.1, -0.05) is 19.6 Å². The van der Waals surface area contributed by atoms with E-state index in [1.54, 1.807) is 0 Å². The third-order valence-electron chi connectivity index (χ3n) is 6.45. The number of pyridine rings is 1. The molecule has 4 rings (SSSR count). The van der Waals surface area contributed by atoms with Crippen molar-refractivity contribution in [2.45, 2.75) is 52.5 Å². The van der Waals surface area contributed by atoms with E-state index in [0.717, 1.165) is 54.4 Å². The Labute approximate surface area is 180 Å². The summed E-state index contributed by atoms with van der Waals surface area (Å²) < 4.78 is 0. The highest BCUT2D eigenvalue weighted by molar-refractivity contribution is 5.92. The molecular weight excluding hydrogens is 368 g/mol. The minimum Gasteiger partial charge on any atom is -0.378 e. The van der Waals surface area contributed by atoms with Crippen LogP contribution in [0.1, 0.15) is 55.2 Å². The second-order valence-corrected chi connectivity index (χ2v) is 8.79. The molecule has 30 heavy (non-hydrogen) atoms. The van der Waals surface area contributed by atoms with Crippen molar-refractivity contribution in [3.8, 4) is 11.3 Å². The predicted molar refractivity (Wildman–Crippen MR) is 126 cm³/mol. The van der Waals surface area contributed by atoms with Crippen molar-refractivity contribution in [3.05, 3.63) is 65.6 Å². The number of aromatic nitrogens is 2. The van der Waals surface area contributed by atoms with Crippen LogP contribution < -0.4 is 5.73 Å². The lowest BCUT2D eigenvalue weighted by atomic mass is 9.89. The fraction of sp³-hybridized carbons (Fsp3) is 0.423. The van der Waals surface area contributed by atoms with Crippen LogP contribution >= 0.6 is 0 Å². The number of aryl methyl sites for hydroxylation is 2. The first-order valence-electron chi connectivity index (χ1n) is 11.2. The molecule has 0 radical (unpaired) electrons. The summed E-state index contributed by atoms with van der Waals surface area (Å²) in [5.41, 5.74) is 14.7. The zero-order valence-electron chi connectivity index (χ0n) is 18.5. The van der Waals surface area contributed by atoms with E-state index in [-0.39, 0.29) is 6.04 Å². The van der Waals surface area contributed by atoms with Crippen LogP contribution in [-0.2, 0) is 12.8 Å².